The summed E-state index contributed by atoms with van der Waals surface area (Å²) in [5, 5.41) is 0.589. The van der Waals surface area contributed by atoms with E-state index in [4.69, 9.17) is 0 Å². The van der Waals surface area contributed by atoms with E-state index in [0.29, 0.717) is 11.0 Å². The van der Waals surface area contributed by atoms with Crippen molar-refractivity contribution in [3.8, 4) is 0 Å². The predicted molar refractivity (Wildman–Crippen MR) is 84.0 cm³/mol. The number of anilines is 1. The Kier molecular flexibility index (Phi) is 4.65. The lowest BCUT2D eigenvalue weighted by molar-refractivity contribution is 0.601. The molecule has 0 amide bonds. The Labute approximate surface area is 129 Å². The fraction of sp³-hybridized carbons (Fsp3) is 0.0769. The zero-order valence-corrected chi connectivity index (χ0v) is 13.8. The van der Waals surface area contributed by atoms with Crippen molar-refractivity contribution in [2.24, 2.45) is 0 Å². The zero-order chi connectivity index (χ0) is 13.9. The van der Waals surface area contributed by atoms with Crippen molar-refractivity contribution < 1.29 is 8.42 Å². The van der Waals surface area contributed by atoms with E-state index in [1.807, 2.05) is 12.1 Å². The molecule has 0 heterocycles. The van der Waals surface area contributed by atoms with E-state index < -0.39 is 10.0 Å². The number of para-hydroxylation sites is 1. The molecule has 0 aromatic heterocycles. The SMILES string of the molecule is O=S(=O)(Nc1ccccc1CBr)c1ccc(Br)cc1. The molecule has 2 rings (SSSR count). The maximum atomic E-state index is 12.2. The van der Waals surface area contributed by atoms with Crippen LogP contribution in [0.1, 0.15) is 5.56 Å². The van der Waals surface area contributed by atoms with E-state index in [1.54, 1.807) is 36.4 Å². The van der Waals surface area contributed by atoms with Crippen LogP contribution in [0.25, 0.3) is 0 Å². The van der Waals surface area contributed by atoms with Crippen LogP contribution >= 0.6 is 31.9 Å². The highest BCUT2D eigenvalue weighted by molar-refractivity contribution is 9.10. The third-order valence-electron chi connectivity index (χ3n) is 2.53. The van der Waals surface area contributed by atoms with E-state index in [2.05, 4.69) is 36.6 Å². The van der Waals surface area contributed by atoms with Crippen molar-refractivity contribution in [2.45, 2.75) is 10.2 Å². The second kappa shape index (κ2) is 6.07. The largest absolute Gasteiger partial charge is 0.279 e. The summed E-state index contributed by atoms with van der Waals surface area (Å²) in [5.74, 6) is 0. The van der Waals surface area contributed by atoms with Crippen LogP contribution in [0.5, 0.6) is 0 Å². The lowest BCUT2D eigenvalue weighted by Crippen LogP contribution is -2.13. The molecule has 0 unspecified atom stereocenters. The minimum Gasteiger partial charge on any atom is -0.279 e. The maximum Gasteiger partial charge on any atom is 0.261 e. The van der Waals surface area contributed by atoms with Gasteiger partial charge < -0.3 is 0 Å². The van der Waals surface area contributed by atoms with E-state index >= 15 is 0 Å². The summed E-state index contributed by atoms with van der Waals surface area (Å²) in [5.41, 5.74) is 1.48. The Hall–Kier alpha value is -0.850. The Morgan fingerprint density at radius 2 is 1.63 bits per heavy atom. The van der Waals surface area contributed by atoms with Crippen molar-refractivity contribution in [1.82, 2.24) is 0 Å². The Morgan fingerprint density at radius 3 is 2.26 bits per heavy atom. The van der Waals surface area contributed by atoms with Gasteiger partial charge in [0.1, 0.15) is 0 Å². The summed E-state index contributed by atoms with van der Waals surface area (Å²) in [6.45, 7) is 0. The van der Waals surface area contributed by atoms with Gasteiger partial charge >= 0.3 is 0 Å². The Balaban J connectivity index is 2.34. The van der Waals surface area contributed by atoms with Crippen LogP contribution in [0.3, 0.4) is 0 Å². The minimum atomic E-state index is -3.55. The first-order valence-corrected chi connectivity index (χ1v) is 8.85. The third kappa shape index (κ3) is 3.58. The summed E-state index contributed by atoms with van der Waals surface area (Å²) in [4.78, 5) is 0.236. The van der Waals surface area contributed by atoms with E-state index in [-0.39, 0.29) is 4.90 Å². The number of benzene rings is 2. The van der Waals surface area contributed by atoms with Crippen LogP contribution in [0.15, 0.2) is 57.9 Å². The second-order valence-electron chi connectivity index (χ2n) is 3.85. The van der Waals surface area contributed by atoms with Gasteiger partial charge in [-0.25, -0.2) is 8.42 Å². The molecule has 19 heavy (non-hydrogen) atoms. The maximum absolute atomic E-state index is 12.2. The van der Waals surface area contributed by atoms with Crippen LogP contribution in [0.4, 0.5) is 5.69 Å². The molecule has 0 saturated carbocycles. The third-order valence-corrected chi connectivity index (χ3v) is 5.04. The van der Waals surface area contributed by atoms with Crippen LogP contribution < -0.4 is 4.72 Å². The smallest absolute Gasteiger partial charge is 0.261 e. The van der Waals surface area contributed by atoms with Crippen molar-refractivity contribution in [1.29, 1.82) is 0 Å². The molecule has 2 aromatic rings. The topological polar surface area (TPSA) is 46.2 Å². The summed E-state index contributed by atoms with van der Waals surface area (Å²) in [6.07, 6.45) is 0. The number of hydrogen-bond donors (Lipinski definition) is 1. The summed E-state index contributed by atoms with van der Waals surface area (Å²) < 4.78 is 27.9. The highest BCUT2D eigenvalue weighted by Gasteiger charge is 2.15. The molecule has 0 aliphatic carbocycles. The molecule has 2 aromatic carbocycles. The molecule has 0 spiro atoms. The molecule has 0 aliphatic rings. The lowest BCUT2D eigenvalue weighted by atomic mass is 10.2. The first-order chi connectivity index (χ1) is 9.03. The second-order valence-corrected chi connectivity index (χ2v) is 7.01. The highest BCUT2D eigenvalue weighted by atomic mass is 79.9. The summed E-state index contributed by atoms with van der Waals surface area (Å²) in [6, 6.07) is 13.8. The Bertz CT molecular complexity index is 669. The first kappa shape index (κ1) is 14.6. The fourth-order valence-electron chi connectivity index (χ4n) is 1.55. The van der Waals surface area contributed by atoms with Gasteiger partial charge in [0.25, 0.3) is 10.0 Å². The normalized spacial score (nSPS) is 11.3. The molecule has 0 radical (unpaired) electrons. The summed E-state index contributed by atoms with van der Waals surface area (Å²) >= 11 is 6.62. The minimum absolute atomic E-state index is 0.236. The first-order valence-electron chi connectivity index (χ1n) is 5.45. The van der Waals surface area contributed by atoms with Crippen molar-refractivity contribution in [3.63, 3.8) is 0 Å². The molecule has 0 atom stereocenters. The molecule has 0 bridgehead atoms. The quantitative estimate of drug-likeness (QED) is 0.778. The van der Waals surface area contributed by atoms with E-state index in [1.165, 1.54) is 0 Å². The number of halogens is 2. The highest BCUT2D eigenvalue weighted by Crippen LogP contribution is 2.22. The molecule has 0 saturated heterocycles. The number of rotatable bonds is 4. The van der Waals surface area contributed by atoms with Gasteiger partial charge in [-0.1, -0.05) is 50.1 Å². The monoisotopic (exact) mass is 403 g/mol. The van der Waals surface area contributed by atoms with Crippen molar-refractivity contribution >= 4 is 47.6 Å². The fourth-order valence-corrected chi connectivity index (χ4v) is 3.41. The molecular weight excluding hydrogens is 394 g/mol. The molecule has 6 heteroatoms. The van der Waals surface area contributed by atoms with Crippen LogP contribution in [-0.2, 0) is 15.4 Å². The van der Waals surface area contributed by atoms with Gasteiger partial charge in [0.2, 0.25) is 0 Å². The van der Waals surface area contributed by atoms with Gasteiger partial charge in [-0.2, -0.15) is 0 Å². The zero-order valence-electron chi connectivity index (χ0n) is 9.81. The molecular formula is C13H11Br2NO2S. The van der Waals surface area contributed by atoms with E-state index in [9.17, 15) is 8.42 Å². The molecule has 0 aliphatic heterocycles. The molecule has 100 valence electrons. The number of sulfonamides is 1. The summed E-state index contributed by atoms with van der Waals surface area (Å²) in [7, 11) is -3.55. The number of nitrogens with one attached hydrogen (secondary N) is 1. The number of hydrogen-bond acceptors (Lipinski definition) is 2. The van der Waals surface area contributed by atoms with Crippen LogP contribution in [0.2, 0.25) is 0 Å². The predicted octanol–water partition coefficient (Wildman–Crippen LogP) is 4.14. The van der Waals surface area contributed by atoms with Gasteiger partial charge in [-0.05, 0) is 35.9 Å². The average Bonchev–Trinajstić information content (AvgIpc) is 2.39. The van der Waals surface area contributed by atoms with Gasteiger partial charge in [-0.15, -0.1) is 0 Å². The molecule has 1 N–H and O–H groups in total. The lowest BCUT2D eigenvalue weighted by Gasteiger charge is -2.11. The number of alkyl halides is 1. The molecule has 0 fully saturated rings. The Morgan fingerprint density at radius 1 is 1.00 bits per heavy atom. The van der Waals surface area contributed by atoms with Crippen molar-refractivity contribution in [3.05, 3.63) is 58.6 Å². The van der Waals surface area contributed by atoms with Gasteiger partial charge in [0.05, 0.1) is 10.6 Å². The van der Waals surface area contributed by atoms with Gasteiger partial charge in [0.15, 0.2) is 0 Å². The standard InChI is InChI=1S/C13H11Br2NO2S/c14-9-10-3-1-2-4-13(10)16-19(17,18)12-7-5-11(15)6-8-12/h1-8,16H,9H2. The van der Waals surface area contributed by atoms with Crippen LogP contribution in [-0.4, -0.2) is 8.42 Å². The van der Waals surface area contributed by atoms with Crippen LogP contribution in [0, 0.1) is 0 Å². The van der Waals surface area contributed by atoms with Crippen molar-refractivity contribution in [2.75, 3.05) is 4.72 Å². The molecule has 3 nitrogen and oxygen atoms in total. The van der Waals surface area contributed by atoms with E-state index in [0.717, 1.165) is 10.0 Å². The average molecular weight is 405 g/mol. The van der Waals surface area contributed by atoms with Gasteiger partial charge in [-0.3, -0.25) is 4.72 Å². The van der Waals surface area contributed by atoms with Gasteiger partial charge in [0, 0.05) is 9.80 Å².